The van der Waals surface area contributed by atoms with E-state index in [4.69, 9.17) is 0 Å². The third-order valence-corrected chi connectivity index (χ3v) is 4.19. The molecule has 1 aromatic carbocycles. The summed E-state index contributed by atoms with van der Waals surface area (Å²) in [5.74, 6) is -0.300. The monoisotopic (exact) mass is 354 g/mol. The molecule has 1 heterocycles. The highest BCUT2D eigenvalue weighted by molar-refractivity contribution is 9.10. The quantitative estimate of drug-likeness (QED) is 0.672. The smallest absolute Gasteiger partial charge is 0.283 e. The molecular weight excluding hydrogens is 344 g/mol. The molecule has 1 aromatic heterocycles. The van der Waals surface area contributed by atoms with Crippen molar-refractivity contribution < 1.29 is 9.72 Å². The van der Waals surface area contributed by atoms with E-state index in [0.29, 0.717) is 16.3 Å². The van der Waals surface area contributed by atoms with E-state index in [1.54, 1.807) is 6.92 Å². The summed E-state index contributed by atoms with van der Waals surface area (Å²) >= 11 is 4.48. The second-order valence-electron chi connectivity index (χ2n) is 4.12. The molecule has 20 heavy (non-hydrogen) atoms. The topological polar surface area (TPSA) is 72.2 Å². The van der Waals surface area contributed by atoms with Gasteiger partial charge in [0.1, 0.15) is 0 Å². The zero-order chi connectivity index (χ0) is 14.7. The summed E-state index contributed by atoms with van der Waals surface area (Å²) in [6, 6.07) is 8.90. The first-order valence-corrected chi connectivity index (χ1v) is 7.36. The number of amides is 1. The van der Waals surface area contributed by atoms with Crippen LogP contribution in [-0.2, 0) is 6.54 Å². The predicted octanol–water partition coefficient (Wildman–Crippen LogP) is 3.66. The largest absolute Gasteiger partial charge is 0.347 e. The fourth-order valence-corrected chi connectivity index (χ4v) is 3.03. The van der Waals surface area contributed by atoms with Gasteiger partial charge in [-0.05, 0) is 24.6 Å². The number of halogens is 1. The molecular formula is C13H11BrN2O3S. The molecule has 0 aliphatic carbocycles. The Morgan fingerprint density at radius 1 is 1.45 bits per heavy atom. The van der Waals surface area contributed by atoms with Crippen molar-refractivity contribution in [2.45, 2.75) is 13.5 Å². The number of carbonyl (C=O) groups is 1. The molecule has 1 N–H and O–H groups in total. The number of aryl methyl sites for hydroxylation is 1. The number of thiophene rings is 1. The molecule has 0 fully saturated rings. The van der Waals surface area contributed by atoms with Crippen LogP contribution in [-0.4, -0.2) is 10.8 Å². The van der Waals surface area contributed by atoms with Crippen molar-refractivity contribution >= 4 is 38.9 Å². The molecule has 0 bridgehead atoms. The van der Waals surface area contributed by atoms with E-state index in [9.17, 15) is 14.9 Å². The standard InChI is InChI=1S/C13H11BrN2O3S/c1-8-11(16(18)19)6-12(20-8)13(17)15-7-9-3-2-4-10(14)5-9/h2-6H,7H2,1H3,(H,15,17). The average molecular weight is 355 g/mol. The minimum atomic E-state index is -0.475. The van der Waals surface area contributed by atoms with Crippen LogP contribution in [0.15, 0.2) is 34.8 Å². The fourth-order valence-electron chi connectivity index (χ4n) is 1.68. The van der Waals surface area contributed by atoms with Crippen LogP contribution in [0.3, 0.4) is 0 Å². The molecule has 0 aliphatic heterocycles. The van der Waals surface area contributed by atoms with Crippen LogP contribution in [0, 0.1) is 17.0 Å². The van der Waals surface area contributed by atoms with Crippen LogP contribution >= 0.6 is 27.3 Å². The zero-order valence-corrected chi connectivity index (χ0v) is 13.0. The number of nitrogens with zero attached hydrogens (tertiary/aromatic N) is 1. The van der Waals surface area contributed by atoms with Gasteiger partial charge < -0.3 is 5.32 Å². The minimum Gasteiger partial charge on any atom is -0.347 e. The van der Waals surface area contributed by atoms with Gasteiger partial charge in [-0.25, -0.2) is 0 Å². The third-order valence-electron chi connectivity index (χ3n) is 2.65. The van der Waals surface area contributed by atoms with Crippen molar-refractivity contribution in [3.05, 3.63) is 60.2 Å². The number of hydrogen-bond donors (Lipinski definition) is 1. The molecule has 7 heteroatoms. The van der Waals surface area contributed by atoms with Crippen LogP contribution in [0.4, 0.5) is 5.69 Å². The Bertz CT molecular complexity index is 669. The number of hydrogen-bond acceptors (Lipinski definition) is 4. The number of benzene rings is 1. The van der Waals surface area contributed by atoms with Crippen molar-refractivity contribution in [2.75, 3.05) is 0 Å². The minimum absolute atomic E-state index is 0.0115. The Kier molecular flexibility index (Phi) is 4.51. The molecule has 0 spiro atoms. The highest BCUT2D eigenvalue weighted by atomic mass is 79.9. The van der Waals surface area contributed by atoms with Gasteiger partial charge in [-0.15, -0.1) is 11.3 Å². The summed E-state index contributed by atoms with van der Waals surface area (Å²) in [5, 5.41) is 13.5. The summed E-state index contributed by atoms with van der Waals surface area (Å²) in [6.07, 6.45) is 0. The number of nitro groups is 1. The van der Waals surface area contributed by atoms with Crippen LogP contribution in [0.25, 0.3) is 0 Å². The maximum atomic E-state index is 12.0. The van der Waals surface area contributed by atoms with E-state index >= 15 is 0 Å². The molecule has 0 radical (unpaired) electrons. The molecule has 0 atom stereocenters. The van der Waals surface area contributed by atoms with Crippen molar-refractivity contribution in [3.8, 4) is 0 Å². The highest BCUT2D eigenvalue weighted by Crippen LogP contribution is 2.27. The first-order valence-electron chi connectivity index (χ1n) is 5.75. The summed E-state index contributed by atoms with van der Waals surface area (Å²) in [5.41, 5.74) is 0.943. The van der Waals surface area contributed by atoms with Gasteiger partial charge in [0.25, 0.3) is 11.6 Å². The molecule has 0 saturated heterocycles. The number of carbonyl (C=O) groups excluding carboxylic acids is 1. The van der Waals surface area contributed by atoms with E-state index in [0.717, 1.165) is 21.4 Å². The van der Waals surface area contributed by atoms with Crippen LogP contribution in [0.2, 0.25) is 0 Å². The van der Waals surface area contributed by atoms with Gasteiger partial charge in [-0.3, -0.25) is 14.9 Å². The summed E-state index contributed by atoms with van der Waals surface area (Å²) in [4.78, 5) is 23.1. The Labute approximate surface area is 127 Å². The van der Waals surface area contributed by atoms with Gasteiger partial charge in [0.15, 0.2) is 0 Å². The summed E-state index contributed by atoms with van der Waals surface area (Å²) in [7, 11) is 0. The van der Waals surface area contributed by atoms with Crippen LogP contribution in [0.1, 0.15) is 20.1 Å². The van der Waals surface area contributed by atoms with E-state index in [2.05, 4.69) is 21.2 Å². The molecule has 104 valence electrons. The first-order chi connectivity index (χ1) is 9.47. The fraction of sp³-hybridized carbons (Fsp3) is 0.154. The van der Waals surface area contributed by atoms with Gasteiger partial charge in [-0.2, -0.15) is 0 Å². The SMILES string of the molecule is Cc1sc(C(=O)NCc2cccc(Br)c2)cc1[N+](=O)[O-]. The third kappa shape index (κ3) is 3.43. The van der Waals surface area contributed by atoms with Gasteiger partial charge >= 0.3 is 0 Å². The zero-order valence-electron chi connectivity index (χ0n) is 10.6. The van der Waals surface area contributed by atoms with Gasteiger partial charge in [0.05, 0.1) is 14.7 Å². The summed E-state index contributed by atoms with van der Waals surface area (Å²) in [6.45, 7) is 2.01. The highest BCUT2D eigenvalue weighted by Gasteiger charge is 2.19. The Morgan fingerprint density at radius 2 is 2.20 bits per heavy atom. The molecule has 5 nitrogen and oxygen atoms in total. The lowest BCUT2D eigenvalue weighted by Crippen LogP contribution is -2.21. The maximum Gasteiger partial charge on any atom is 0.283 e. The van der Waals surface area contributed by atoms with E-state index in [1.165, 1.54) is 6.07 Å². The molecule has 1 amide bonds. The Balaban J connectivity index is 2.05. The molecule has 0 unspecified atom stereocenters. The second-order valence-corrected chi connectivity index (χ2v) is 6.29. The Morgan fingerprint density at radius 3 is 2.80 bits per heavy atom. The van der Waals surface area contributed by atoms with Gasteiger partial charge in [0.2, 0.25) is 0 Å². The van der Waals surface area contributed by atoms with Crippen molar-refractivity contribution in [1.82, 2.24) is 5.32 Å². The van der Waals surface area contributed by atoms with Crippen molar-refractivity contribution in [1.29, 1.82) is 0 Å². The lowest BCUT2D eigenvalue weighted by atomic mass is 10.2. The lowest BCUT2D eigenvalue weighted by molar-refractivity contribution is -0.385. The molecule has 2 aromatic rings. The van der Waals surface area contributed by atoms with Gasteiger partial charge in [0, 0.05) is 17.1 Å². The van der Waals surface area contributed by atoms with E-state index in [-0.39, 0.29) is 11.6 Å². The van der Waals surface area contributed by atoms with Crippen LogP contribution in [0.5, 0.6) is 0 Å². The van der Waals surface area contributed by atoms with E-state index in [1.807, 2.05) is 24.3 Å². The molecule has 0 aliphatic rings. The predicted molar refractivity (Wildman–Crippen MR) is 81.0 cm³/mol. The summed E-state index contributed by atoms with van der Waals surface area (Å²) < 4.78 is 0.937. The van der Waals surface area contributed by atoms with Gasteiger partial charge in [-0.1, -0.05) is 28.1 Å². The molecule has 2 rings (SSSR count). The average Bonchev–Trinajstić information content (AvgIpc) is 2.78. The first kappa shape index (κ1) is 14.7. The number of nitrogens with one attached hydrogen (secondary N) is 1. The normalized spacial score (nSPS) is 10.3. The maximum absolute atomic E-state index is 12.0. The van der Waals surface area contributed by atoms with E-state index < -0.39 is 4.92 Å². The van der Waals surface area contributed by atoms with Crippen LogP contribution < -0.4 is 5.32 Å². The van der Waals surface area contributed by atoms with Crippen molar-refractivity contribution in [2.24, 2.45) is 0 Å². The number of rotatable bonds is 4. The lowest BCUT2D eigenvalue weighted by Gasteiger charge is -2.03. The Hall–Kier alpha value is -1.73. The molecule has 0 saturated carbocycles. The second kappa shape index (κ2) is 6.15. The van der Waals surface area contributed by atoms with Crippen molar-refractivity contribution in [3.63, 3.8) is 0 Å².